The summed E-state index contributed by atoms with van der Waals surface area (Å²) in [6, 6.07) is 12.1. The molecule has 0 aliphatic carbocycles. The number of amides is 2. The van der Waals surface area contributed by atoms with E-state index in [0.717, 1.165) is 17.7 Å². The quantitative estimate of drug-likeness (QED) is 0.382. The number of carbonyl (C=O) groups excluding carboxylic acids is 1. The molecule has 4 N–H and O–H groups in total. The minimum Gasteiger partial charge on any atom is -0.357 e. The Hall–Kier alpha value is -3.23. The molecule has 2 aromatic rings. The lowest BCUT2D eigenvalue weighted by Gasteiger charge is -2.13. The Kier molecular flexibility index (Phi) is 8.72. The van der Waals surface area contributed by atoms with Crippen LogP contribution in [-0.4, -0.2) is 24.6 Å². The average molecular weight is 435 g/mol. The largest absolute Gasteiger partial charge is 0.416 e. The van der Waals surface area contributed by atoms with Crippen LogP contribution in [0.4, 0.5) is 23.7 Å². The van der Waals surface area contributed by atoms with Crippen molar-refractivity contribution >= 4 is 17.7 Å². The number of hydrogen-bond acceptors (Lipinski definition) is 2. The highest BCUT2D eigenvalue weighted by Gasteiger charge is 2.29. The number of benzene rings is 2. The number of alkyl halides is 3. The van der Waals surface area contributed by atoms with Crippen molar-refractivity contribution in [3.05, 3.63) is 65.2 Å². The van der Waals surface area contributed by atoms with Crippen LogP contribution in [0.2, 0.25) is 0 Å². The summed E-state index contributed by atoms with van der Waals surface area (Å²) in [5, 5.41) is 11.7. The van der Waals surface area contributed by atoms with Crippen LogP contribution in [0.3, 0.4) is 0 Å². The Bertz CT molecular complexity index is 862. The predicted molar refractivity (Wildman–Crippen MR) is 117 cm³/mol. The number of nitrogens with one attached hydrogen (secondary N) is 4. The minimum atomic E-state index is -4.34. The van der Waals surface area contributed by atoms with Crippen LogP contribution in [0, 0.1) is 0 Å². The van der Waals surface area contributed by atoms with Crippen molar-refractivity contribution < 1.29 is 18.0 Å². The summed E-state index contributed by atoms with van der Waals surface area (Å²) in [6.45, 7) is 7.09. The molecule has 6 nitrogen and oxygen atoms in total. The first-order valence-electron chi connectivity index (χ1n) is 10.0. The van der Waals surface area contributed by atoms with Gasteiger partial charge in [-0.05, 0) is 56.2 Å². The fraction of sp³-hybridized carbons (Fsp3) is 0.364. The van der Waals surface area contributed by atoms with Gasteiger partial charge in [0.15, 0.2) is 5.96 Å². The van der Waals surface area contributed by atoms with Gasteiger partial charge in [0.2, 0.25) is 0 Å². The SMILES string of the molecule is CCNC(=NCc1ccc(NC(=O)NC(C)C)cc1)NCc1ccc(C(F)(F)F)cc1. The van der Waals surface area contributed by atoms with Crippen LogP contribution in [0.1, 0.15) is 37.5 Å². The monoisotopic (exact) mass is 435 g/mol. The van der Waals surface area contributed by atoms with Gasteiger partial charge in [-0.15, -0.1) is 0 Å². The molecule has 0 atom stereocenters. The van der Waals surface area contributed by atoms with Crippen LogP contribution in [0.5, 0.6) is 0 Å². The number of hydrogen-bond donors (Lipinski definition) is 4. The minimum absolute atomic E-state index is 0.0492. The number of anilines is 1. The second kappa shape index (κ2) is 11.2. The summed E-state index contributed by atoms with van der Waals surface area (Å²) in [6.07, 6.45) is -4.34. The number of halogens is 3. The average Bonchev–Trinajstić information content (AvgIpc) is 2.70. The van der Waals surface area contributed by atoms with Crippen molar-refractivity contribution in [2.45, 2.75) is 46.1 Å². The number of guanidine groups is 1. The molecule has 0 heterocycles. The zero-order valence-corrected chi connectivity index (χ0v) is 17.8. The highest BCUT2D eigenvalue weighted by molar-refractivity contribution is 5.89. The first-order valence-corrected chi connectivity index (χ1v) is 10.0. The van der Waals surface area contributed by atoms with Gasteiger partial charge < -0.3 is 21.3 Å². The van der Waals surface area contributed by atoms with Crippen molar-refractivity contribution in [1.29, 1.82) is 0 Å². The van der Waals surface area contributed by atoms with E-state index >= 15 is 0 Å². The second-order valence-electron chi connectivity index (χ2n) is 7.19. The Morgan fingerprint density at radius 3 is 2.13 bits per heavy atom. The lowest BCUT2D eigenvalue weighted by molar-refractivity contribution is -0.137. The molecule has 168 valence electrons. The zero-order chi connectivity index (χ0) is 22.9. The molecule has 0 aliphatic rings. The third-order valence-electron chi connectivity index (χ3n) is 4.14. The Balaban J connectivity index is 1.92. The van der Waals surface area contributed by atoms with Gasteiger partial charge in [0.05, 0.1) is 12.1 Å². The van der Waals surface area contributed by atoms with E-state index in [-0.39, 0.29) is 12.1 Å². The number of carbonyl (C=O) groups is 1. The van der Waals surface area contributed by atoms with E-state index in [1.165, 1.54) is 12.1 Å². The number of rotatable bonds is 7. The molecule has 2 aromatic carbocycles. The van der Waals surface area contributed by atoms with Crippen LogP contribution in [-0.2, 0) is 19.3 Å². The van der Waals surface area contributed by atoms with E-state index in [1.54, 1.807) is 12.1 Å². The fourth-order valence-electron chi connectivity index (χ4n) is 2.63. The maximum Gasteiger partial charge on any atom is 0.416 e. The maximum absolute atomic E-state index is 12.7. The molecule has 0 unspecified atom stereocenters. The summed E-state index contributed by atoms with van der Waals surface area (Å²) >= 11 is 0. The van der Waals surface area contributed by atoms with Gasteiger partial charge in [0.1, 0.15) is 0 Å². The van der Waals surface area contributed by atoms with Crippen LogP contribution in [0.25, 0.3) is 0 Å². The molecule has 9 heteroatoms. The molecule has 0 saturated carbocycles. The topological polar surface area (TPSA) is 77.5 Å². The smallest absolute Gasteiger partial charge is 0.357 e. The zero-order valence-electron chi connectivity index (χ0n) is 17.8. The summed E-state index contributed by atoms with van der Waals surface area (Å²) < 4.78 is 38.0. The molecular formula is C22H28F3N5O. The summed E-state index contributed by atoms with van der Waals surface area (Å²) in [5.41, 5.74) is 1.67. The van der Waals surface area contributed by atoms with E-state index in [0.29, 0.717) is 36.8 Å². The highest BCUT2D eigenvalue weighted by atomic mass is 19.4. The van der Waals surface area contributed by atoms with Gasteiger partial charge in [-0.1, -0.05) is 24.3 Å². The number of nitrogens with zero attached hydrogens (tertiary/aromatic N) is 1. The fourth-order valence-corrected chi connectivity index (χ4v) is 2.63. The second-order valence-corrected chi connectivity index (χ2v) is 7.19. The van der Waals surface area contributed by atoms with Crippen molar-refractivity contribution in [2.75, 3.05) is 11.9 Å². The summed E-state index contributed by atoms with van der Waals surface area (Å²) in [4.78, 5) is 16.2. The Labute approximate surface area is 180 Å². The lowest BCUT2D eigenvalue weighted by Crippen LogP contribution is -2.36. The standard InChI is InChI=1S/C22H28F3N5O/c1-4-26-20(27-13-16-5-9-18(10-6-16)22(23,24)25)28-14-17-7-11-19(12-8-17)30-21(31)29-15(2)3/h5-12,15H,4,13-14H2,1-3H3,(H2,26,27,28)(H2,29,30,31). The van der Waals surface area contributed by atoms with E-state index < -0.39 is 11.7 Å². The molecule has 0 bridgehead atoms. The van der Waals surface area contributed by atoms with Gasteiger partial charge in [0.25, 0.3) is 0 Å². The molecule has 0 saturated heterocycles. The molecular weight excluding hydrogens is 407 g/mol. The van der Waals surface area contributed by atoms with Crippen LogP contribution in [0.15, 0.2) is 53.5 Å². The summed E-state index contributed by atoms with van der Waals surface area (Å²) in [7, 11) is 0. The van der Waals surface area contributed by atoms with Crippen molar-refractivity contribution in [1.82, 2.24) is 16.0 Å². The van der Waals surface area contributed by atoms with Gasteiger partial charge in [-0.2, -0.15) is 13.2 Å². The van der Waals surface area contributed by atoms with Crippen LogP contribution >= 0.6 is 0 Å². The predicted octanol–water partition coefficient (Wildman–Crippen LogP) is 4.49. The molecule has 0 aromatic heterocycles. The molecule has 0 spiro atoms. The molecule has 0 aliphatic heterocycles. The molecule has 0 radical (unpaired) electrons. The van der Waals surface area contributed by atoms with E-state index in [9.17, 15) is 18.0 Å². The first kappa shape index (κ1) is 24.0. The normalized spacial score (nSPS) is 11.9. The van der Waals surface area contributed by atoms with Crippen molar-refractivity contribution in [3.8, 4) is 0 Å². The molecule has 0 fully saturated rings. The third-order valence-corrected chi connectivity index (χ3v) is 4.14. The maximum atomic E-state index is 12.7. The first-order chi connectivity index (χ1) is 14.7. The molecule has 31 heavy (non-hydrogen) atoms. The van der Waals surface area contributed by atoms with Crippen LogP contribution < -0.4 is 21.3 Å². The number of aliphatic imine (C=N–C) groups is 1. The van der Waals surface area contributed by atoms with E-state index in [4.69, 9.17) is 0 Å². The van der Waals surface area contributed by atoms with Gasteiger partial charge >= 0.3 is 12.2 Å². The van der Waals surface area contributed by atoms with Gasteiger partial charge in [-0.25, -0.2) is 9.79 Å². The molecule has 2 rings (SSSR count). The summed E-state index contributed by atoms with van der Waals surface area (Å²) in [5.74, 6) is 0.556. The van der Waals surface area contributed by atoms with E-state index in [2.05, 4.69) is 26.3 Å². The number of urea groups is 1. The molecule has 2 amide bonds. The Morgan fingerprint density at radius 2 is 1.58 bits per heavy atom. The Morgan fingerprint density at radius 1 is 0.968 bits per heavy atom. The van der Waals surface area contributed by atoms with E-state index in [1.807, 2.05) is 32.9 Å². The van der Waals surface area contributed by atoms with Crippen molar-refractivity contribution in [3.63, 3.8) is 0 Å². The lowest BCUT2D eigenvalue weighted by atomic mass is 10.1. The van der Waals surface area contributed by atoms with Gasteiger partial charge in [-0.3, -0.25) is 0 Å². The van der Waals surface area contributed by atoms with Crippen molar-refractivity contribution in [2.24, 2.45) is 4.99 Å². The third kappa shape index (κ3) is 8.57. The highest BCUT2D eigenvalue weighted by Crippen LogP contribution is 2.29. The van der Waals surface area contributed by atoms with Gasteiger partial charge in [0, 0.05) is 24.8 Å².